The van der Waals surface area contributed by atoms with Crippen molar-refractivity contribution in [2.75, 3.05) is 0 Å². The Morgan fingerprint density at radius 1 is 1.33 bits per heavy atom. The van der Waals surface area contributed by atoms with E-state index in [0.717, 1.165) is 12.8 Å². The van der Waals surface area contributed by atoms with Gasteiger partial charge in [0, 0.05) is 5.56 Å². The van der Waals surface area contributed by atoms with Crippen LogP contribution >= 0.6 is 15.9 Å². The monoisotopic (exact) mass is 275 g/mol. The second kappa shape index (κ2) is 3.81. The Labute approximate surface area is 96.0 Å². The number of pyridine rings is 1. The average Bonchev–Trinajstić information content (AvgIpc) is 2.95. The maximum Gasteiger partial charge on any atom is 0.217 e. The van der Waals surface area contributed by atoms with Gasteiger partial charge in [-0.3, -0.25) is 0 Å². The number of hydrogen-bond acceptors (Lipinski definition) is 1. The van der Waals surface area contributed by atoms with E-state index in [4.69, 9.17) is 0 Å². The van der Waals surface area contributed by atoms with Crippen LogP contribution in [0.15, 0.2) is 4.47 Å². The van der Waals surface area contributed by atoms with E-state index in [-0.39, 0.29) is 22.0 Å². The predicted molar refractivity (Wildman–Crippen MR) is 57.9 cm³/mol. The molecular formula is C11H12BrF2N. The van der Waals surface area contributed by atoms with Crippen molar-refractivity contribution in [3.05, 3.63) is 27.5 Å². The standard InChI is InChI=1S/C11H12BrF2N/c1-5(2)10-9(13)8(12)7(6-3-4-6)11(14)15-10/h5-6H,3-4H2,1-2H3. The molecule has 1 nitrogen and oxygen atoms in total. The van der Waals surface area contributed by atoms with Crippen LogP contribution in [-0.4, -0.2) is 4.98 Å². The zero-order valence-electron chi connectivity index (χ0n) is 8.65. The van der Waals surface area contributed by atoms with Crippen molar-refractivity contribution >= 4 is 15.9 Å². The summed E-state index contributed by atoms with van der Waals surface area (Å²) in [6, 6.07) is 0. The Morgan fingerprint density at radius 3 is 2.40 bits per heavy atom. The fourth-order valence-electron chi connectivity index (χ4n) is 1.64. The average molecular weight is 276 g/mol. The molecule has 0 bridgehead atoms. The number of rotatable bonds is 2. The Kier molecular flexibility index (Phi) is 2.79. The Balaban J connectivity index is 2.56. The zero-order chi connectivity index (χ0) is 11.2. The second-order valence-electron chi connectivity index (χ2n) is 4.26. The Morgan fingerprint density at radius 2 is 1.93 bits per heavy atom. The van der Waals surface area contributed by atoms with Gasteiger partial charge in [0.2, 0.25) is 5.95 Å². The van der Waals surface area contributed by atoms with Crippen molar-refractivity contribution in [1.29, 1.82) is 0 Å². The maximum absolute atomic E-state index is 13.8. The molecule has 2 rings (SSSR count). The number of hydrogen-bond donors (Lipinski definition) is 0. The maximum atomic E-state index is 13.8. The third-order valence-electron chi connectivity index (χ3n) is 2.63. The Hall–Kier alpha value is -0.510. The van der Waals surface area contributed by atoms with Crippen LogP contribution in [0.1, 0.15) is 49.8 Å². The van der Waals surface area contributed by atoms with Gasteiger partial charge >= 0.3 is 0 Å². The molecule has 0 atom stereocenters. The van der Waals surface area contributed by atoms with Crippen LogP contribution < -0.4 is 0 Å². The smallest absolute Gasteiger partial charge is 0.217 e. The van der Waals surface area contributed by atoms with Gasteiger partial charge in [-0.25, -0.2) is 9.37 Å². The highest BCUT2D eigenvalue weighted by molar-refractivity contribution is 9.10. The summed E-state index contributed by atoms with van der Waals surface area (Å²) in [4.78, 5) is 3.72. The van der Waals surface area contributed by atoms with Crippen LogP contribution in [0.4, 0.5) is 8.78 Å². The van der Waals surface area contributed by atoms with Crippen LogP contribution in [0.5, 0.6) is 0 Å². The van der Waals surface area contributed by atoms with Gasteiger partial charge in [-0.05, 0) is 40.6 Å². The van der Waals surface area contributed by atoms with Gasteiger partial charge in [-0.2, -0.15) is 4.39 Å². The first kappa shape index (κ1) is 11.0. The highest BCUT2D eigenvalue weighted by Crippen LogP contribution is 2.45. The van der Waals surface area contributed by atoms with Crippen molar-refractivity contribution in [2.45, 2.75) is 38.5 Å². The second-order valence-corrected chi connectivity index (χ2v) is 5.05. The number of nitrogens with zero attached hydrogens (tertiary/aromatic N) is 1. The minimum absolute atomic E-state index is 0.107. The van der Waals surface area contributed by atoms with E-state index < -0.39 is 11.8 Å². The molecule has 15 heavy (non-hydrogen) atoms. The summed E-state index contributed by atoms with van der Waals surface area (Å²) in [7, 11) is 0. The quantitative estimate of drug-likeness (QED) is 0.740. The van der Waals surface area contributed by atoms with Gasteiger partial charge in [-0.15, -0.1) is 0 Å². The van der Waals surface area contributed by atoms with E-state index in [0.29, 0.717) is 5.56 Å². The predicted octanol–water partition coefficient (Wildman–Crippen LogP) is 4.12. The minimum atomic E-state index is -0.519. The van der Waals surface area contributed by atoms with E-state index >= 15 is 0 Å². The van der Waals surface area contributed by atoms with E-state index in [1.54, 1.807) is 13.8 Å². The van der Waals surface area contributed by atoms with Crippen LogP contribution in [0.25, 0.3) is 0 Å². The number of aromatic nitrogens is 1. The first-order chi connectivity index (χ1) is 7.02. The molecule has 0 spiro atoms. The third kappa shape index (κ3) is 1.92. The molecule has 0 aromatic carbocycles. The van der Waals surface area contributed by atoms with Crippen molar-refractivity contribution in [1.82, 2.24) is 4.98 Å². The van der Waals surface area contributed by atoms with Crippen molar-refractivity contribution < 1.29 is 8.78 Å². The summed E-state index contributed by atoms with van der Waals surface area (Å²) >= 11 is 3.14. The molecule has 82 valence electrons. The SMILES string of the molecule is CC(C)c1nc(F)c(C2CC2)c(Br)c1F. The summed E-state index contributed by atoms with van der Waals surface area (Å²) in [6.07, 6.45) is 1.86. The van der Waals surface area contributed by atoms with Gasteiger partial charge in [-0.1, -0.05) is 13.8 Å². The van der Waals surface area contributed by atoms with E-state index in [1.807, 2.05) is 0 Å². The van der Waals surface area contributed by atoms with Crippen molar-refractivity contribution in [3.63, 3.8) is 0 Å². The molecule has 1 aliphatic rings. The first-order valence-electron chi connectivity index (χ1n) is 5.06. The highest BCUT2D eigenvalue weighted by Gasteiger charge is 2.32. The lowest BCUT2D eigenvalue weighted by Gasteiger charge is -2.11. The summed E-state index contributed by atoms with van der Waals surface area (Å²) in [5, 5.41) is 0. The summed E-state index contributed by atoms with van der Waals surface area (Å²) in [6.45, 7) is 3.60. The topological polar surface area (TPSA) is 12.9 Å². The fourth-order valence-corrected chi connectivity index (χ4v) is 2.33. The Bertz CT molecular complexity index is 400. The van der Waals surface area contributed by atoms with Gasteiger partial charge in [0.15, 0.2) is 5.82 Å². The molecular weight excluding hydrogens is 264 g/mol. The lowest BCUT2D eigenvalue weighted by molar-refractivity contribution is 0.514. The van der Waals surface area contributed by atoms with Gasteiger partial charge in [0.05, 0.1) is 10.2 Å². The highest BCUT2D eigenvalue weighted by atomic mass is 79.9. The molecule has 0 N–H and O–H groups in total. The van der Waals surface area contributed by atoms with Gasteiger partial charge < -0.3 is 0 Å². The van der Waals surface area contributed by atoms with Crippen LogP contribution in [0, 0.1) is 11.8 Å². The molecule has 1 saturated carbocycles. The summed E-state index contributed by atoms with van der Waals surface area (Å²) in [5.74, 6) is -0.880. The summed E-state index contributed by atoms with van der Waals surface area (Å²) < 4.78 is 27.7. The first-order valence-corrected chi connectivity index (χ1v) is 5.86. The van der Waals surface area contributed by atoms with Crippen molar-refractivity contribution in [3.8, 4) is 0 Å². The van der Waals surface area contributed by atoms with E-state index in [9.17, 15) is 8.78 Å². The molecule has 0 radical (unpaired) electrons. The molecule has 0 aliphatic heterocycles. The lowest BCUT2D eigenvalue weighted by Crippen LogP contribution is -2.05. The molecule has 1 aromatic rings. The fraction of sp³-hybridized carbons (Fsp3) is 0.545. The molecule has 1 fully saturated rings. The van der Waals surface area contributed by atoms with Crippen LogP contribution in [0.3, 0.4) is 0 Å². The van der Waals surface area contributed by atoms with Crippen molar-refractivity contribution in [2.24, 2.45) is 0 Å². The largest absolute Gasteiger partial charge is 0.221 e. The van der Waals surface area contributed by atoms with Crippen LogP contribution in [0.2, 0.25) is 0 Å². The normalized spacial score (nSPS) is 16.1. The molecule has 0 amide bonds. The molecule has 1 aliphatic carbocycles. The number of halogens is 3. The molecule has 4 heteroatoms. The van der Waals surface area contributed by atoms with E-state index in [1.165, 1.54) is 0 Å². The van der Waals surface area contributed by atoms with E-state index in [2.05, 4.69) is 20.9 Å². The zero-order valence-corrected chi connectivity index (χ0v) is 10.2. The van der Waals surface area contributed by atoms with Gasteiger partial charge in [0.25, 0.3) is 0 Å². The molecule has 0 unspecified atom stereocenters. The lowest BCUT2D eigenvalue weighted by atomic mass is 10.1. The molecule has 1 heterocycles. The summed E-state index contributed by atoms with van der Waals surface area (Å²) in [5.41, 5.74) is 0.612. The minimum Gasteiger partial charge on any atom is -0.221 e. The third-order valence-corrected chi connectivity index (χ3v) is 3.40. The van der Waals surface area contributed by atoms with Gasteiger partial charge in [0.1, 0.15) is 0 Å². The van der Waals surface area contributed by atoms with Crippen LogP contribution in [-0.2, 0) is 0 Å². The molecule has 0 saturated heterocycles. The molecule has 1 aromatic heterocycles.